The molecule has 2 fully saturated rings. The summed E-state index contributed by atoms with van der Waals surface area (Å²) in [7, 11) is 0. The van der Waals surface area contributed by atoms with Crippen molar-refractivity contribution in [2.75, 3.05) is 13.1 Å². The third kappa shape index (κ3) is 3.12. The topological polar surface area (TPSA) is 61.9 Å². The van der Waals surface area contributed by atoms with Crippen molar-refractivity contribution in [1.29, 1.82) is 5.26 Å². The summed E-state index contributed by atoms with van der Waals surface area (Å²) >= 11 is 0. The van der Waals surface area contributed by atoms with Crippen molar-refractivity contribution in [1.82, 2.24) is 14.7 Å². The van der Waals surface area contributed by atoms with E-state index in [0.717, 1.165) is 51.6 Å². The molecule has 1 aromatic rings. The van der Waals surface area contributed by atoms with Gasteiger partial charge in [0.1, 0.15) is 5.41 Å². The summed E-state index contributed by atoms with van der Waals surface area (Å²) in [6, 6.07) is 2.64. The number of piperidine rings is 1. The van der Waals surface area contributed by atoms with Gasteiger partial charge in [-0.2, -0.15) is 10.4 Å². The van der Waals surface area contributed by atoms with Gasteiger partial charge in [0.15, 0.2) is 0 Å². The van der Waals surface area contributed by atoms with Crippen LogP contribution in [0.25, 0.3) is 0 Å². The molecule has 1 saturated heterocycles. The van der Waals surface area contributed by atoms with Crippen LogP contribution in [0.2, 0.25) is 0 Å². The Morgan fingerprint density at radius 3 is 2.65 bits per heavy atom. The molecule has 2 aliphatic rings. The maximum absolute atomic E-state index is 12.6. The zero-order valence-corrected chi connectivity index (χ0v) is 14.2. The Morgan fingerprint density at radius 2 is 2.13 bits per heavy atom. The van der Waals surface area contributed by atoms with Crippen molar-refractivity contribution >= 4 is 5.91 Å². The van der Waals surface area contributed by atoms with Gasteiger partial charge in [0, 0.05) is 19.3 Å². The van der Waals surface area contributed by atoms with Crippen LogP contribution in [0.1, 0.15) is 57.6 Å². The molecule has 0 bridgehead atoms. The van der Waals surface area contributed by atoms with Gasteiger partial charge in [-0.1, -0.05) is 13.8 Å². The van der Waals surface area contributed by atoms with E-state index in [4.69, 9.17) is 0 Å². The summed E-state index contributed by atoms with van der Waals surface area (Å²) < 4.78 is 2.07. The average molecular weight is 314 g/mol. The van der Waals surface area contributed by atoms with Gasteiger partial charge in [-0.05, 0) is 50.0 Å². The van der Waals surface area contributed by atoms with Crippen LogP contribution >= 0.6 is 0 Å². The lowest BCUT2D eigenvalue weighted by atomic mass is 9.69. The summed E-state index contributed by atoms with van der Waals surface area (Å²) in [5.74, 6) is 0.697. The predicted octanol–water partition coefficient (Wildman–Crippen LogP) is 2.94. The largest absolute Gasteiger partial charge is 0.341 e. The van der Waals surface area contributed by atoms with Crippen LogP contribution < -0.4 is 0 Å². The van der Waals surface area contributed by atoms with Gasteiger partial charge < -0.3 is 4.90 Å². The smallest absolute Gasteiger partial charge is 0.243 e. The molecule has 0 unspecified atom stereocenters. The van der Waals surface area contributed by atoms with Crippen LogP contribution in [-0.2, 0) is 11.2 Å². The number of amides is 1. The molecule has 0 N–H and O–H groups in total. The molecule has 3 rings (SSSR count). The Hall–Kier alpha value is -1.83. The summed E-state index contributed by atoms with van der Waals surface area (Å²) in [5, 5.41) is 13.8. The van der Waals surface area contributed by atoms with E-state index in [-0.39, 0.29) is 5.91 Å². The molecule has 0 spiro atoms. The Balaban J connectivity index is 1.57. The molecule has 1 aromatic heterocycles. The first-order chi connectivity index (χ1) is 11.0. The highest BCUT2D eigenvalue weighted by molar-refractivity contribution is 5.86. The fraction of sp³-hybridized carbons (Fsp3) is 0.722. The van der Waals surface area contributed by atoms with Crippen LogP contribution in [0.15, 0.2) is 12.4 Å². The minimum atomic E-state index is -0.705. The Bertz CT molecular complexity index is 601. The fourth-order valence-electron chi connectivity index (χ4n) is 3.69. The number of aromatic nitrogens is 2. The minimum Gasteiger partial charge on any atom is -0.341 e. The number of nitriles is 1. The van der Waals surface area contributed by atoms with Crippen LogP contribution in [0, 0.1) is 22.7 Å². The van der Waals surface area contributed by atoms with E-state index in [9.17, 15) is 10.1 Å². The summed E-state index contributed by atoms with van der Waals surface area (Å²) in [4.78, 5) is 14.5. The zero-order valence-electron chi connectivity index (χ0n) is 14.2. The fourth-order valence-corrected chi connectivity index (χ4v) is 3.69. The molecule has 2 heterocycles. The lowest BCUT2D eigenvalue weighted by Gasteiger charge is -2.40. The van der Waals surface area contributed by atoms with Crippen LogP contribution in [0.3, 0.4) is 0 Å². The van der Waals surface area contributed by atoms with Crippen molar-refractivity contribution in [2.24, 2.45) is 11.3 Å². The Morgan fingerprint density at radius 1 is 1.43 bits per heavy atom. The first-order valence-electron chi connectivity index (χ1n) is 8.78. The maximum Gasteiger partial charge on any atom is 0.243 e. The van der Waals surface area contributed by atoms with Crippen molar-refractivity contribution in [3.8, 4) is 6.07 Å². The molecule has 1 aliphatic carbocycles. The highest BCUT2D eigenvalue weighted by Crippen LogP contribution is 2.42. The highest BCUT2D eigenvalue weighted by atomic mass is 16.2. The van der Waals surface area contributed by atoms with Gasteiger partial charge >= 0.3 is 0 Å². The number of hydrogen-bond donors (Lipinski definition) is 0. The monoisotopic (exact) mass is 314 g/mol. The minimum absolute atomic E-state index is 0.0608. The number of hydrogen-bond acceptors (Lipinski definition) is 3. The molecular weight excluding hydrogens is 288 g/mol. The van der Waals surface area contributed by atoms with Crippen molar-refractivity contribution < 1.29 is 4.79 Å². The number of rotatable bonds is 4. The molecule has 23 heavy (non-hydrogen) atoms. The van der Waals surface area contributed by atoms with Gasteiger partial charge in [-0.3, -0.25) is 9.48 Å². The molecular formula is C18H26N4O. The summed E-state index contributed by atoms with van der Waals surface area (Å²) in [6.45, 7) is 5.92. The van der Waals surface area contributed by atoms with E-state index < -0.39 is 5.41 Å². The molecule has 1 saturated carbocycles. The lowest BCUT2D eigenvalue weighted by molar-refractivity contribution is -0.144. The molecule has 5 nitrogen and oxygen atoms in total. The standard InChI is InChI=1S/C18H26N4O/c1-14(2)10-15-11-20-22(12-15)16-4-8-21(9-5-16)17(23)18(13-19)6-3-7-18/h11-12,14,16H,3-10H2,1-2H3. The SMILES string of the molecule is CC(C)Cc1cnn(C2CCN(C(=O)C3(C#N)CCC3)CC2)c1. The van der Waals surface area contributed by atoms with Crippen LogP contribution in [0.4, 0.5) is 0 Å². The summed E-state index contributed by atoms with van der Waals surface area (Å²) in [5.41, 5.74) is 0.583. The van der Waals surface area contributed by atoms with E-state index in [1.807, 2.05) is 11.1 Å². The van der Waals surface area contributed by atoms with Crippen LogP contribution in [0.5, 0.6) is 0 Å². The van der Waals surface area contributed by atoms with Crippen molar-refractivity contribution in [2.45, 2.75) is 58.4 Å². The van der Waals surface area contributed by atoms with Gasteiger partial charge in [0.05, 0.1) is 18.3 Å². The maximum atomic E-state index is 12.6. The van der Waals surface area contributed by atoms with E-state index in [1.165, 1.54) is 5.56 Å². The highest BCUT2D eigenvalue weighted by Gasteiger charge is 2.47. The second-order valence-electron chi connectivity index (χ2n) is 7.50. The van der Waals surface area contributed by atoms with Crippen molar-refractivity contribution in [3.05, 3.63) is 18.0 Å². The Kier molecular flexibility index (Phi) is 4.43. The van der Waals surface area contributed by atoms with Crippen LogP contribution in [-0.4, -0.2) is 33.7 Å². The number of nitrogens with zero attached hydrogens (tertiary/aromatic N) is 4. The van der Waals surface area contributed by atoms with E-state index >= 15 is 0 Å². The normalized spacial score (nSPS) is 21.0. The molecule has 0 atom stereocenters. The van der Waals surface area contributed by atoms with Gasteiger partial charge in [-0.15, -0.1) is 0 Å². The second kappa shape index (κ2) is 6.35. The zero-order chi connectivity index (χ0) is 16.4. The van der Waals surface area contributed by atoms with Gasteiger partial charge in [0.25, 0.3) is 0 Å². The van der Waals surface area contributed by atoms with E-state index in [0.29, 0.717) is 12.0 Å². The number of likely N-dealkylation sites (tertiary alicyclic amines) is 1. The molecule has 0 aromatic carbocycles. The van der Waals surface area contributed by atoms with Gasteiger partial charge in [0.2, 0.25) is 5.91 Å². The summed E-state index contributed by atoms with van der Waals surface area (Å²) in [6.07, 6.45) is 9.51. The molecule has 1 amide bonds. The quantitative estimate of drug-likeness (QED) is 0.858. The third-order valence-corrected chi connectivity index (χ3v) is 5.26. The third-order valence-electron chi connectivity index (χ3n) is 5.26. The van der Waals surface area contributed by atoms with E-state index in [1.54, 1.807) is 0 Å². The average Bonchev–Trinajstić information content (AvgIpc) is 2.94. The molecule has 0 radical (unpaired) electrons. The van der Waals surface area contributed by atoms with Gasteiger partial charge in [-0.25, -0.2) is 0 Å². The number of carbonyl (C=O) groups is 1. The van der Waals surface area contributed by atoms with E-state index in [2.05, 4.69) is 35.9 Å². The second-order valence-corrected chi connectivity index (χ2v) is 7.50. The van der Waals surface area contributed by atoms with Crippen molar-refractivity contribution in [3.63, 3.8) is 0 Å². The predicted molar refractivity (Wildman–Crippen MR) is 87.5 cm³/mol. The molecule has 5 heteroatoms. The first kappa shape index (κ1) is 16.0. The molecule has 1 aliphatic heterocycles. The first-order valence-corrected chi connectivity index (χ1v) is 8.78. The molecule has 124 valence electrons. The lowest BCUT2D eigenvalue weighted by Crippen LogP contribution is -2.49. The Labute approximate surface area is 138 Å². The number of carbonyl (C=O) groups excluding carboxylic acids is 1.